The minimum Gasteiger partial charge on any atom is -0.391 e. The van der Waals surface area contributed by atoms with Gasteiger partial charge < -0.3 is 15.3 Å². The van der Waals surface area contributed by atoms with E-state index in [0.717, 1.165) is 18.5 Å². The lowest BCUT2D eigenvalue weighted by Gasteiger charge is -2.30. The summed E-state index contributed by atoms with van der Waals surface area (Å²) in [7, 11) is 1.77. The Labute approximate surface area is 112 Å². The average Bonchev–Trinajstić information content (AvgIpc) is 2.38. The molecule has 0 saturated carbocycles. The van der Waals surface area contributed by atoms with Crippen molar-refractivity contribution in [2.45, 2.75) is 18.9 Å². The molecule has 1 aliphatic rings. The van der Waals surface area contributed by atoms with Crippen LogP contribution in [0.3, 0.4) is 0 Å². The van der Waals surface area contributed by atoms with Crippen LogP contribution in [0, 0.1) is 0 Å². The first kappa shape index (κ1) is 13.2. The Kier molecular flexibility index (Phi) is 4.09. The number of aliphatic hydroxyl groups excluding tert-OH is 1. The van der Waals surface area contributed by atoms with Crippen LogP contribution in [0.2, 0.25) is 5.02 Å². The number of carbonyl (C=O) groups is 1. The number of amides is 1. The molecule has 0 aromatic heterocycles. The predicted molar refractivity (Wildman–Crippen MR) is 72.1 cm³/mol. The van der Waals surface area contributed by atoms with Crippen molar-refractivity contribution in [3.63, 3.8) is 0 Å². The van der Waals surface area contributed by atoms with Crippen LogP contribution in [0.1, 0.15) is 23.2 Å². The Hall–Kier alpha value is -1.26. The molecule has 4 nitrogen and oxygen atoms in total. The van der Waals surface area contributed by atoms with Gasteiger partial charge in [-0.15, -0.1) is 0 Å². The van der Waals surface area contributed by atoms with Crippen molar-refractivity contribution in [1.82, 2.24) is 4.90 Å². The van der Waals surface area contributed by atoms with Crippen molar-refractivity contribution >= 4 is 23.2 Å². The number of anilines is 1. The summed E-state index contributed by atoms with van der Waals surface area (Å²) in [5.74, 6) is -0.0828. The van der Waals surface area contributed by atoms with Gasteiger partial charge in [-0.3, -0.25) is 4.79 Å². The van der Waals surface area contributed by atoms with Crippen LogP contribution in [-0.4, -0.2) is 42.2 Å². The highest BCUT2D eigenvalue weighted by Crippen LogP contribution is 2.23. The number of hydrogen-bond acceptors (Lipinski definition) is 3. The number of likely N-dealkylation sites (tertiary alicyclic amines) is 1. The molecular weight excluding hydrogens is 252 g/mol. The summed E-state index contributed by atoms with van der Waals surface area (Å²) < 4.78 is 0. The summed E-state index contributed by atoms with van der Waals surface area (Å²) in [4.78, 5) is 14.1. The van der Waals surface area contributed by atoms with Crippen LogP contribution in [0.4, 0.5) is 5.69 Å². The van der Waals surface area contributed by atoms with E-state index >= 15 is 0 Å². The molecule has 1 atom stereocenters. The predicted octanol–water partition coefficient (Wildman–Crippen LogP) is 1.98. The van der Waals surface area contributed by atoms with E-state index in [0.29, 0.717) is 23.7 Å². The molecular formula is C13H17ClN2O2. The van der Waals surface area contributed by atoms with Gasteiger partial charge in [0.05, 0.1) is 11.7 Å². The Bertz CT molecular complexity index is 451. The van der Waals surface area contributed by atoms with Gasteiger partial charge in [0, 0.05) is 30.8 Å². The van der Waals surface area contributed by atoms with Gasteiger partial charge in [-0.25, -0.2) is 0 Å². The molecule has 18 heavy (non-hydrogen) atoms. The smallest absolute Gasteiger partial charge is 0.256 e. The zero-order valence-corrected chi connectivity index (χ0v) is 11.1. The van der Waals surface area contributed by atoms with E-state index in [1.807, 2.05) is 0 Å². The van der Waals surface area contributed by atoms with Gasteiger partial charge in [-0.2, -0.15) is 0 Å². The van der Waals surface area contributed by atoms with Gasteiger partial charge in [0.1, 0.15) is 0 Å². The third-order valence-electron chi connectivity index (χ3n) is 3.17. The molecule has 1 fully saturated rings. The second kappa shape index (κ2) is 5.59. The van der Waals surface area contributed by atoms with Gasteiger partial charge in [0.2, 0.25) is 0 Å². The van der Waals surface area contributed by atoms with Gasteiger partial charge in [0.15, 0.2) is 0 Å². The Morgan fingerprint density at radius 2 is 2.33 bits per heavy atom. The summed E-state index contributed by atoms with van der Waals surface area (Å²) in [6.07, 6.45) is 1.18. The average molecular weight is 269 g/mol. The largest absolute Gasteiger partial charge is 0.391 e. The van der Waals surface area contributed by atoms with E-state index in [2.05, 4.69) is 5.32 Å². The Morgan fingerprint density at radius 1 is 1.56 bits per heavy atom. The molecule has 0 spiro atoms. The lowest BCUT2D eigenvalue weighted by atomic mass is 10.1. The molecule has 1 amide bonds. The van der Waals surface area contributed by atoms with E-state index in [1.54, 1.807) is 30.1 Å². The number of nitrogens with one attached hydrogen (secondary N) is 1. The second-order valence-corrected chi connectivity index (χ2v) is 4.92. The number of carbonyl (C=O) groups excluding carboxylic acids is 1. The third-order valence-corrected chi connectivity index (χ3v) is 3.40. The molecule has 2 N–H and O–H groups in total. The van der Waals surface area contributed by atoms with Crippen LogP contribution < -0.4 is 5.32 Å². The molecule has 0 aliphatic carbocycles. The first-order chi connectivity index (χ1) is 8.61. The molecule has 1 saturated heterocycles. The van der Waals surface area contributed by atoms with Crippen molar-refractivity contribution in [2.75, 3.05) is 25.5 Å². The lowest BCUT2D eigenvalue weighted by Crippen LogP contribution is -2.42. The van der Waals surface area contributed by atoms with Crippen molar-refractivity contribution in [3.05, 3.63) is 28.8 Å². The van der Waals surface area contributed by atoms with E-state index < -0.39 is 6.10 Å². The molecule has 1 heterocycles. The van der Waals surface area contributed by atoms with Gasteiger partial charge >= 0.3 is 0 Å². The number of nitrogens with zero attached hydrogens (tertiary/aromatic N) is 1. The maximum atomic E-state index is 12.4. The number of piperidine rings is 1. The number of halogens is 1. The summed E-state index contributed by atoms with van der Waals surface area (Å²) in [6, 6.07) is 5.20. The minimum absolute atomic E-state index is 0.0828. The molecule has 1 unspecified atom stereocenters. The normalized spacial score (nSPS) is 19.7. The van der Waals surface area contributed by atoms with Crippen LogP contribution >= 0.6 is 11.6 Å². The van der Waals surface area contributed by atoms with Gasteiger partial charge in [-0.1, -0.05) is 11.6 Å². The minimum atomic E-state index is -0.417. The van der Waals surface area contributed by atoms with Crippen molar-refractivity contribution in [3.8, 4) is 0 Å². The van der Waals surface area contributed by atoms with Gasteiger partial charge in [-0.05, 0) is 31.0 Å². The zero-order valence-electron chi connectivity index (χ0n) is 10.3. The van der Waals surface area contributed by atoms with E-state index in [9.17, 15) is 9.90 Å². The fourth-order valence-corrected chi connectivity index (χ4v) is 2.39. The van der Waals surface area contributed by atoms with Gasteiger partial charge in [0.25, 0.3) is 5.91 Å². The number of β-amino-alcohol motifs (C(OH)–C–C–N with tert-alkyl or cyclic N) is 1. The molecule has 2 rings (SSSR count). The zero-order chi connectivity index (χ0) is 13.1. The summed E-state index contributed by atoms with van der Waals surface area (Å²) >= 11 is 5.94. The fourth-order valence-electron chi connectivity index (χ4n) is 2.22. The van der Waals surface area contributed by atoms with Crippen LogP contribution in [0.25, 0.3) is 0 Å². The molecule has 1 aliphatic heterocycles. The fraction of sp³-hybridized carbons (Fsp3) is 0.462. The highest BCUT2D eigenvalue weighted by atomic mass is 35.5. The SMILES string of the molecule is CNc1ccc(Cl)cc1C(=O)N1CCCC(O)C1. The number of hydrogen-bond donors (Lipinski definition) is 2. The maximum Gasteiger partial charge on any atom is 0.256 e. The Balaban J connectivity index is 2.24. The lowest BCUT2D eigenvalue weighted by molar-refractivity contribution is 0.0474. The Morgan fingerprint density at radius 3 is 3.00 bits per heavy atom. The van der Waals surface area contributed by atoms with E-state index in [4.69, 9.17) is 11.6 Å². The molecule has 1 aromatic carbocycles. The maximum absolute atomic E-state index is 12.4. The van der Waals surface area contributed by atoms with Crippen LogP contribution in [-0.2, 0) is 0 Å². The summed E-state index contributed by atoms with van der Waals surface area (Å²) in [5, 5.41) is 13.1. The first-order valence-electron chi connectivity index (χ1n) is 6.06. The summed E-state index contributed by atoms with van der Waals surface area (Å²) in [6.45, 7) is 1.08. The standard InChI is InChI=1S/C13H17ClN2O2/c1-15-12-5-4-9(14)7-11(12)13(18)16-6-2-3-10(17)8-16/h4-5,7,10,15,17H,2-3,6,8H2,1H3. The molecule has 5 heteroatoms. The van der Waals surface area contributed by atoms with E-state index in [-0.39, 0.29) is 5.91 Å². The molecule has 0 radical (unpaired) electrons. The number of rotatable bonds is 2. The second-order valence-electron chi connectivity index (χ2n) is 4.49. The monoisotopic (exact) mass is 268 g/mol. The third kappa shape index (κ3) is 2.76. The highest BCUT2D eigenvalue weighted by Gasteiger charge is 2.24. The van der Waals surface area contributed by atoms with Crippen LogP contribution in [0.5, 0.6) is 0 Å². The van der Waals surface area contributed by atoms with E-state index in [1.165, 1.54) is 0 Å². The van der Waals surface area contributed by atoms with Crippen molar-refractivity contribution in [2.24, 2.45) is 0 Å². The highest BCUT2D eigenvalue weighted by molar-refractivity contribution is 6.31. The molecule has 0 bridgehead atoms. The topological polar surface area (TPSA) is 52.6 Å². The molecule has 98 valence electrons. The molecule has 1 aromatic rings. The van der Waals surface area contributed by atoms with Crippen LogP contribution in [0.15, 0.2) is 18.2 Å². The van der Waals surface area contributed by atoms with Crippen molar-refractivity contribution < 1.29 is 9.90 Å². The van der Waals surface area contributed by atoms with Crippen molar-refractivity contribution in [1.29, 1.82) is 0 Å². The first-order valence-corrected chi connectivity index (χ1v) is 6.44. The number of benzene rings is 1. The summed E-state index contributed by atoms with van der Waals surface area (Å²) in [5.41, 5.74) is 1.31. The quantitative estimate of drug-likeness (QED) is 0.862. The number of aliphatic hydroxyl groups is 1.